The standard InChI is InChI=1S/C22H21FN2O3/c1-22(2)10-17-19(18(26)11-22)20(13-5-3-4-6-14(13)23)25-15-8-7-12(21(27)28)9-16(15)24-17/h3-9,20,24-25H,10-11H2,1-2H3,(H,27,28)/t20-/m1/s1. The molecule has 0 amide bonds. The van der Waals surface area contributed by atoms with E-state index in [0.717, 1.165) is 0 Å². The summed E-state index contributed by atoms with van der Waals surface area (Å²) in [7, 11) is 0. The highest BCUT2D eigenvalue weighted by Crippen LogP contribution is 2.45. The van der Waals surface area contributed by atoms with Crippen molar-refractivity contribution in [1.82, 2.24) is 0 Å². The monoisotopic (exact) mass is 380 g/mol. The zero-order valence-corrected chi connectivity index (χ0v) is 15.7. The Bertz CT molecular complexity index is 1030. The van der Waals surface area contributed by atoms with E-state index in [1.165, 1.54) is 18.2 Å². The lowest BCUT2D eigenvalue weighted by molar-refractivity contribution is -0.118. The molecule has 4 rings (SSSR count). The van der Waals surface area contributed by atoms with E-state index < -0.39 is 17.8 Å². The second-order valence-corrected chi connectivity index (χ2v) is 8.12. The smallest absolute Gasteiger partial charge is 0.335 e. The number of anilines is 2. The largest absolute Gasteiger partial charge is 0.478 e. The first-order valence-corrected chi connectivity index (χ1v) is 9.17. The zero-order valence-electron chi connectivity index (χ0n) is 15.7. The van der Waals surface area contributed by atoms with Gasteiger partial charge in [-0.2, -0.15) is 0 Å². The molecule has 28 heavy (non-hydrogen) atoms. The van der Waals surface area contributed by atoms with Crippen LogP contribution >= 0.6 is 0 Å². The predicted molar refractivity (Wildman–Crippen MR) is 105 cm³/mol. The van der Waals surface area contributed by atoms with Crippen LogP contribution in [0.25, 0.3) is 0 Å². The van der Waals surface area contributed by atoms with Crippen molar-refractivity contribution in [2.75, 3.05) is 10.6 Å². The quantitative estimate of drug-likeness (QED) is 0.701. The van der Waals surface area contributed by atoms with Crippen LogP contribution in [0, 0.1) is 11.2 Å². The summed E-state index contributed by atoms with van der Waals surface area (Å²) in [6.07, 6.45) is 0.980. The van der Waals surface area contributed by atoms with Crippen molar-refractivity contribution in [2.45, 2.75) is 32.7 Å². The zero-order chi connectivity index (χ0) is 20.1. The molecule has 5 nitrogen and oxygen atoms in total. The van der Waals surface area contributed by atoms with Crippen LogP contribution in [-0.2, 0) is 4.79 Å². The Kier molecular flexibility index (Phi) is 4.22. The maximum atomic E-state index is 14.6. The first-order chi connectivity index (χ1) is 13.2. The highest BCUT2D eigenvalue weighted by atomic mass is 19.1. The number of Topliss-reactive ketones (excluding diaryl/α,β-unsaturated/α-hetero) is 1. The molecule has 0 aromatic heterocycles. The third-order valence-electron chi connectivity index (χ3n) is 5.28. The molecule has 0 spiro atoms. The van der Waals surface area contributed by atoms with E-state index in [-0.39, 0.29) is 16.8 Å². The lowest BCUT2D eigenvalue weighted by atomic mass is 9.73. The number of allylic oxidation sites excluding steroid dienone is 1. The number of fused-ring (bicyclic) bond motifs is 1. The second-order valence-electron chi connectivity index (χ2n) is 8.12. The van der Waals surface area contributed by atoms with Gasteiger partial charge >= 0.3 is 5.97 Å². The molecule has 0 radical (unpaired) electrons. The Morgan fingerprint density at radius 1 is 1.14 bits per heavy atom. The number of halogens is 1. The van der Waals surface area contributed by atoms with Crippen molar-refractivity contribution in [3.05, 3.63) is 70.7 Å². The summed E-state index contributed by atoms with van der Waals surface area (Å²) in [5.74, 6) is -1.46. The fraction of sp³-hybridized carbons (Fsp3) is 0.273. The van der Waals surface area contributed by atoms with E-state index in [2.05, 4.69) is 10.6 Å². The second kappa shape index (κ2) is 6.48. The van der Waals surface area contributed by atoms with Gasteiger partial charge in [0.2, 0.25) is 0 Å². The summed E-state index contributed by atoms with van der Waals surface area (Å²) in [6, 6.07) is 10.4. The van der Waals surface area contributed by atoms with E-state index in [0.29, 0.717) is 41.1 Å². The molecule has 0 fully saturated rings. The molecule has 1 atom stereocenters. The Morgan fingerprint density at radius 2 is 1.89 bits per heavy atom. The van der Waals surface area contributed by atoms with E-state index in [1.807, 2.05) is 13.8 Å². The van der Waals surface area contributed by atoms with Crippen LogP contribution in [-0.4, -0.2) is 16.9 Å². The third-order valence-corrected chi connectivity index (χ3v) is 5.28. The van der Waals surface area contributed by atoms with E-state index in [1.54, 1.807) is 24.3 Å². The first kappa shape index (κ1) is 18.2. The number of aromatic carboxylic acids is 1. The molecule has 0 saturated heterocycles. The highest BCUT2D eigenvalue weighted by molar-refractivity contribution is 6.01. The van der Waals surface area contributed by atoms with Crippen molar-refractivity contribution >= 4 is 23.1 Å². The molecular formula is C22H21FN2O3. The molecule has 2 aromatic rings. The highest BCUT2D eigenvalue weighted by Gasteiger charge is 2.39. The Labute approximate surface area is 162 Å². The van der Waals surface area contributed by atoms with Gasteiger partial charge in [0, 0.05) is 23.3 Å². The van der Waals surface area contributed by atoms with Gasteiger partial charge in [-0.3, -0.25) is 4.79 Å². The molecule has 2 aromatic carbocycles. The molecule has 144 valence electrons. The Balaban J connectivity index is 1.91. The van der Waals surface area contributed by atoms with Gasteiger partial charge in [-0.1, -0.05) is 32.0 Å². The van der Waals surface area contributed by atoms with Gasteiger partial charge < -0.3 is 15.7 Å². The van der Waals surface area contributed by atoms with Gasteiger partial charge in [0.05, 0.1) is 23.0 Å². The number of hydrogen-bond donors (Lipinski definition) is 3. The van der Waals surface area contributed by atoms with Crippen molar-refractivity contribution in [2.24, 2.45) is 5.41 Å². The molecule has 2 aliphatic rings. The van der Waals surface area contributed by atoms with Crippen LogP contribution < -0.4 is 10.6 Å². The number of carboxylic acids is 1. The lowest BCUT2D eigenvalue weighted by Crippen LogP contribution is -2.31. The van der Waals surface area contributed by atoms with Crippen LogP contribution in [0.5, 0.6) is 0 Å². The molecule has 0 bridgehead atoms. The van der Waals surface area contributed by atoms with Crippen molar-refractivity contribution in [1.29, 1.82) is 0 Å². The predicted octanol–water partition coefficient (Wildman–Crippen LogP) is 4.75. The van der Waals surface area contributed by atoms with Gasteiger partial charge in [-0.15, -0.1) is 0 Å². The maximum absolute atomic E-state index is 14.6. The molecule has 1 heterocycles. The summed E-state index contributed by atoms with van der Waals surface area (Å²) < 4.78 is 14.6. The summed E-state index contributed by atoms with van der Waals surface area (Å²) >= 11 is 0. The fourth-order valence-electron chi connectivity index (χ4n) is 4.02. The van der Waals surface area contributed by atoms with Crippen LogP contribution in [0.4, 0.5) is 15.8 Å². The summed E-state index contributed by atoms with van der Waals surface area (Å²) in [5, 5.41) is 15.9. The average molecular weight is 380 g/mol. The molecule has 0 saturated carbocycles. The van der Waals surface area contributed by atoms with Crippen LogP contribution in [0.3, 0.4) is 0 Å². The molecule has 3 N–H and O–H groups in total. The minimum absolute atomic E-state index is 0.0363. The minimum atomic E-state index is -1.03. The number of benzene rings is 2. The first-order valence-electron chi connectivity index (χ1n) is 9.17. The van der Waals surface area contributed by atoms with Gasteiger partial charge in [0.1, 0.15) is 5.82 Å². The molecular weight excluding hydrogens is 359 g/mol. The van der Waals surface area contributed by atoms with E-state index >= 15 is 0 Å². The third kappa shape index (κ3) is 3.15. The number of rotatable bonds is 2. The maximum Gasteiger partial charge on any atom is 0.335 e. The number of nitrogens with one attached hydrogen (secondary N) is 2. The molecule has 1 aliphatic heterocycles. The van der Waals surface area contributed by atoms with Crippen molar-refractivity contribution < 1.29 is 19.1 Å². The van der Waals surface area contributed by atoms with E-state index in [9.17, 15) is 19.1 Å². The van der Waals surface area contributed by atoms with Crippen LogP contribution in [0.15, 0.2) is 53.7 Å². The number of ketones is 1. The van der Waals surface area contributed by atoms with Gasteiger partial charge in [0.15, 0.2) is 5.78 Å². The number of carbonyl (C=O) groups is 2. The topological polar surface area (TPSA) is 78.4 Å². The lowest BCUT2D eigenvalue weighted by Gasteiger charge is -2.34. The Hall–Kier alpha value is -3.15. The van der Waals surface area contributed by atoms with Crippen molar-refractivity contribution in [3.8, 4) is 0 Å². The van der Waals surface area contributed by atoms with Crippen LogP contribution in [0.1, 0.15) is 48.7 Å². The SMILES string of the molecule is CC1(C)CC(=O)C2=C(C1)Nc1cc(C(=O)O)ccc1N[C@@H]2c1ccccc1F. The number of carbonyl (C=O) groups excluding carboxylic acids is 1. The number of hydrogen-bond acceptors (Lipinski definition) is 4. The average Bonchev–Trinajstić information content (AvgIpc) is 2.76. The minimum Gasteiger partial charge on any atom is -0.478 e. The van der Waals surface area contributed by atoms with Crippen LogP contribution in [0.2, 0.25) is 0 Å². The van der Waals surface area contributed by atoms with Gasteiger partial charge in [-0.25, -0.2) is 9.18 Å². The number of carboxylic acid groups (broad SMARTS) is 1. The van der Waals surface area contributed by atoms with Gasteiger partial charge in [-0.05, 0) is 36.1 Å². The fourth-order valence-corrected chi connectivity index (χ4v) is 4.02. The molecule has 6 heteroatoms. The molecule has 0 unspecified atom stereocenters. The molecule has 1 aliphatic carbocycles. The van der Waals surface area contributed by atoms with E-state index in [4.69, 9.17) is 0 Å². The summed E-state index contributed by atoms with van der Waals surface area (Å²) in [4.78, 5) is 24.4. The summed E-state index contributed by atoms with van der Waals surface area (Å²) in [6.45, 7) is 4.03. The van der Waals surface area contributed by atoms with Gasteiger partial charge in [0.25, 0.3) is 0 Å². The normalized spacial score (nSPS) is 20.4. The summed E-state index contributed by atoms with van der Waals surface area (Å²) in [5.41, 5.74) is 2.70. The Morgan fingerprint density at radius 3 is 2.61 bits per heavy atom. The van der Waals surface area contributed by atoms with Crippen molar-refractivity contribution in [3.63, 3.8) is 0 Å².